The monoisotopic (exact) mass is 260 g/mol. The van der Waals surface area contributed by atoms with Crippen LogP contribution in [0.3, 0.4) is 0 Å². The molecule has 0 radical (unpaired) electrons. The molecule has 0 heterocycles. The standard InChI is InChI=1S/C15H20N2O2/c1-5-19-13-8-6-12(7-9-13)17(4)15(18)14(10-16)11(2)3/h6-9,11,14H,5H2,1-4H3. The van der Waals surface area contributed by atoms with Crippen LogP contribution in [0.15, 0.2) is 24.3 Å². The second kappa shape index (κ2) is 6.79. The van der Waals surface area contributed by atoms with Crippen LogP contribution in [-0.2, 0) is 4.79 Å². The van der Waals surface area contributed by atoms with Gasteiger partial charge >= 0.3 is 0 Å². The number of carbonyl (C=O) groups excluding carboxylic acids is 1. The molecule has 1 unspecified atom stereocenters. The number of hydrogen-bond donors (Lipinski definition) is 0. The maximum absolute atomic E-state index is 12.2. The van der Waals surface area contributed by atoms with Gasteiger partial charge < -0.3 is 9.64 Å². The molecule has 0 bridgehead atoms. The Morgan fingerprint density at radius 3 is 2.37 bits per heavy atom. The van der Waals surface area contributed by atoms with E-state index in [4.69, 9.17) is 10.00 Å². The van der Waals surface area contributed by atoms with Crippen molar-refractivity contribution in [3.05, 3.63) is 24.3 Å². The van der Waals surface area contributed by atoms with Crippen molar-refractivity contribution in [2.45, 2.75) is 20.8 Å². The van der Waals surface area contributed by atoms with Gasteiger partial charge in [-0.3, -0.25) is 4.79 Å². The van der Waals surface area contributed by atoms with Crippen LogP contribution in [0.4, 0.5) is 5.69 Å². The van der Waals surface area contributed by atoms with Gasteiger partial charge in [0.1, 0.15) is 11.7 Å². The van der Waals surface area contributed by atoms with Crippen LogP contribution in [0, 0.1) is 23.2 Å². The summed E-state index contributed by atoms with van der Waals surface area (Å²) in [4.78, 5) is 13.7. The first-order valence-corrected chi connectivity index (χ1v) is 6.41. The maximum atomic E-state index is 12.2. The Balaban J connectivity index is 2.85. The average Bonchev–Trinajstić information content (AvgIpc) is 2.39. The Labute approximate surface area is 114 Å². The highest BCUT2D eigenvalue weighted by atomic mass is 16.5. The van der Waals surface area contributed by atoms with Crippen molar-refractivity contribution in [3.63, 3.8) is 0 Å². The quantitative estimate of drug-likeness (QED) is 0.818. The van der Waals surface area contributed by atoms with Gasteiger partial charge in [-0.05, 0) is 37.1 Å². The number of carbonyl (C=O) groups is 1. The molecule has 0 N–H and O–H groups in total. The molecule has 0 spiro atoms. The third-order valence-electron chi connectivity index (χ3n) is 2.94. The topological polar surface area (TPSA) is 53.3 Å². The summed E-state index contributed by atoms with van der Waals surface area (Å²) >= 11 is 0. The van der Waals surface area contributed by atoms with Crippen molar-refractivity contribution in [1.82, 2.24) is 0 Å². The summed E-state index contributed by atoms with van der Waals surface area (Å²) in [5.41, 5.74) is 0.759. The van der Waals surface area contributed by atoms with Crippen molar-refractivity contribution < 1.29 is 9.53 Å². The molecule has 4 nitrogen and oxygen atoms in total. The summed E-state index contributed by atoms with van der Waals surface area (Å²) in [5, 5.41) is 9.06. The fourth-order valence-electron chi connectivity index (χ4n) is 1.76. The zero-order chi connectivity index (χ0) is 14.4. The molecule has 4 heteroatoms. The highest BCUT2D eigenvalue weighted by molar-refractivity contribution is 5.96. The number of amides is 1. The molecule has 19 heavy (non-hydrogen) atoms. The normalized spacial score (nSPS) is 11.8. The Hall–Kier alpha value is -2.02. The third kappa shape index (κ3) is 3.72. The Bertz CT molecular complexity index is 460. The van der Waals surface area contributed by atoms with E-state index in [0.29, 0.717) is 6.61 Å². The molecule has 1 atom stereocenters. The largest absolute Gasteiger partial charge is 0.494 e. The van der Waals surface area contributed by atoms with Gasteiger partial charge in [0.2, 0.25) is 5.91 Å². The van der Waals surface area contributed by atoms with Crippen LogP contribution in [-0.4, -0.2) is 19.6 Å². The molecule has 1 rings (SSSR count). The summed E-state index contributed by atoms with van der Waals surface area (Å²) < 4.78 is 5.35. The molecular weight excluding hydrogens is 240 g/mol. The SMILES string of the molecule is CCOc1ccc(N(C)C(=O)C(C#N)C(C)C)cc1. The number of hydrogen-bond acceptors (Lipinski definition) is 3. The molecule has 0 fully saturated rings. The van der Waals surface area contributed by atoms with Crippen LogP contribution in [0.25, 0.3) is 0 Å². The van der Waals surface area contributed by atoms with Crippen molar-refractivity contribution >= 4 is 11.6 Å². The number of anilines is 1. The number of nitrogens with zero attached hydrogens (tertiary/aromatic N) is 2. The summed E-state index contributed by atoms with van der Waals surface area (Å²) in [7, 11) is 1.69. The van der Waals surface area contributed by atoms with Gasteiger partial charge in [0, 0.05) is 12.7 Å². The molecule has 0 aliphatic rings. The second-order valence-corrected chi connectivity index (χ2v) is 4.67. The van der Waals surface area contributed by atoms with E-state index in [1.54, 1.807) is 7.05 Å². The van der Waals surface area contributed by atoms with Gasteiger partial charge in [0.15, 0.2) is 0 Å². The van der Waals surface area contributed by atoms with Crippen LogP contribution in [0.2, 0.25) is 0 Å². The van der Waals surface area contributed by atoms with E-state index in [0.717, 1.165) is 11.4 Å². The third-order valence-corrected chi connectivity index (χ3v) is 2.94. The van der Waals surface area contributed by atoms with Gasteiger partial charge in [-0.1, -0.05) is 13.8 Å². The molecule has 0 aromatic heterocycles. The highest BCUT2D eigenvalue weighted by Gasteiger charge is 2.25. The summed E-state index contributed by atoms with van der Waals surface area (Å²) in [6.45, 7) is 6.28. The van der Waals surface area contributed by atoms with E-state index < -0.39 is 5.92 Å². The molecule has 102 valence electrons. The average molecular weight is 260 g/mol. The Morgan fingerprint density at radius 1 is 1.37 bits per heavy atom. The second-order valence-electron chi connectivity index (χ2n) is 4.67. The van der Waals surface area contributed by atoms with E-state index in [2.05, 4.69) is 6.07 Å². The minimum Gasteiger partial charge on any atom is -0.494 e. The van der Waals surface area contributed by atoms with E-state index in [-0.39, 0.29) is 11.8 Å². The van der Waals surface area contributed by atoms with Gasteiger partial charge in [-0.25, -0.2) is 0 Å². The van der Waals surface area contributed by atoms with Gasteiger partial charge in [0.25, 0.3) is 0 Å². The molecule has 1 aromatic rings. The van der Waals surface area contributed by atoms with Gasteiger partial charge in [-0.2, -0.15) is 5.26 Å². The molecule has 0 aliphatic heterocycles. The van der Waals surface area contributed by atoms with E-state index in [1.807, 2.05) is 45.0 Å². The maximum Gasteiger partial charge on any atom is 0.244 e. The summed E-state index contributed by atoms with van der Waals surface area (Å²) in [5.74, 6) is -0.0198. The van der Waals surface area contributed by atoms with Crippen molar-refractivity contribution in [1.29, 1.82) is 5.26 Å². The highest BCUT2D eigenvalue weighted by Crippen LogP contribution is 2.21. The minimum atomic E-state index is -0.614. The van der Waals surface area contributed by atoms with E-state index in [9.17, 15) is 4.79 Å². The molecule has 1 amide bonds. The van der Waals surface area contributed by atoms with Crippen molar-refractivity contribution in [3.8, 4) is 11.8 Å². The predicted molar refractivity (Wildman–Crippen MR) is 75.0 cm³/mol. The zero-order valence-corrected chi connectivity index (χ0v) is 11.9. The van der Waals surface area contributed by atoms with E-state index in [1.165, 1.54) is 4.90 Å². The fraction of sp³-hybridized carbons (Fsp3) is 0.467. The first-order chi connectivity index (χ1) is 9.01. The Morgan fingerprint density at radius 2 is 1.95 bits per heavy atom. The predicted octanol–water partition coefficient (Wildman–Crippen LogP) is 2.84. The molecule has 1 aromatic carbocycles. The van der Waals surface area contributed by atoms with Crippen molar-refractivity contribution in [2.75, 3.05) is 18.6 Å². The number of nitriles is 1. The number of rotatable bonds is 5. The first kappa shape index (κ1) is 15.0. The fourth-order valence-corrected chi connectivity index (χ4v) is 1.76. The lowest BCUT2D eigenvalue weighted by Gasteiger charge is -2.22. The minimum absolute atomic E-state index is 0.00245. The zero-order valence-electron chi connectivity index (χ0n) is 11.9. The van der Waals surface area contributed by atoms with Crippen LogP contribution in [0.5, 0.6) is 5.75 Å². The number of ether oxygens (including phenoxy) is 1. The molecule has 0 aliphatic carbocycles. The van der Waals surface area contributed by atoms with Crippen LogP contribution in [0.1, 0.15) is 20.8 Å². The molecule has 0 saturated heterocycles. The van der Waals surface area contributed by atoms with Crippen LogP contribution < -0.4 is 9.64 Å². The number of benzene rings is 1. The van der Waals surface area contributed by atoms with Crippen molar-refractivity contribution in [2.24, 2.45) is 11.8 Å². The van der Waals surface area contributed by atoms with Crippen LogP contribution >= 0.6 is 0 Å². The van der Waals surface area contributed by atoms with E-state index >= 15 is 0 Å². The smallest absolute Gasteiger partial charge is 0.244 e. The lowest BCUT2D eigenvalue weighted by molar-refractivity contribution is -0.121. The summed E-state index contributed by atoms with van der Waals surface area (Å²) in [6.07, 6.45) is 0. The van der Waals surface area contributed by atoms with Gasteiger partial charge in [-0.15, -0.1) is 0 Å². The van der Waals surface area contributed by atoms with Gasteiger partial charge in [0.05, 0.1) is 12.7 Å². The Kier molecular flexibility index (Phi) is 5.37. The molecule has 0 saturated carbocycles. The lowest BCUT2D eigenvalue weighted by Crippen LogP contribution is -2.34. The summed E-state index contributed by atoms with van der Waals surface area (Å²) in [6, 6.07) is 9.34. The first-order valence-electron chi connectivity index (χ1n) is 6.41. The lowest BCUT2D eigenvalue weighted by atomic mass is 9.96. The molecular formula is C15H20N2O2.